The molecule has 0 heterocycles. The molecule has 1 aromatic rings. The van der Waals surface area contributed by atoms with Crippen molar-refractivity contribution in [3.63, 3.8) is 0 Å². The minimum absolute atomic E-state index is 0.190. The maximum Gasteiger partial charge on any atom is 0.338 e. The highest BCUT2D eigenvalue weighted by molar-refractivity contribution is 5.89. The normalized spacial score (nSPS) is 11.8. The predicted molar refractivity (Wildman–Crippen MR) is 57.5 cm³/mol. The van der Waals surface area contributed by atoms with E-state index < -0.39 is 12.1 Å². The lowest BCUT2D eigenvalue weighted by Gasteiger charge is -2.13. The van der Waals surface area contributed by atoms with Crippen LogP contribution < -0.4 is 0 Å². The molecule has 0 radical (unpaired) electrons. The van der Waals surface area contributed by atoms with Gasteiger partial charge in [0.15, 0.2) is 0 Å². The highest BCUT2D eigenvalue weighted by Crippen LogP contribution is 2.06. The monoisotopic (exact) mass is 206 g/mol. The Morgan fingerprint density at radius 1 is 1.47 bits per heavy atom. The van der Waals surface area contributed by atoms with Crippen LogP contribution in [0.1, 0.15) is 16.8 Å². The van der Waals surface area contributed by atoms with Crippen molar-refractivity contribution in [2.75, 3.05) is 6.61 Å². The first-order valence-corrected chi connectivity index (χ1v) is 4.75. The SMILES string of the molecule is C=CC[C@H](CO)OC(=O)c1ccccc1. The van der Waals surface area contributed by atoms with E-state index in [-0.39, 0.29) is 6.61 Å². The zero-order valence-electron chi connectivity index (χ0n) is 8.43. The van der Waals surface area contributed by atoms with Crippen LogP contribution in [0.5, 0.6) is 0 Å². The predicted octanol–water partition coefficient (Wildman–Crippen LogP) is 1.78. The molecule has 0 fully saturated rings. The highest BCUT2D eigenvalue weighted by atomic mass is 16.6. The van der Waals surface area contributed by atoms with Gasteiger partial charge in [-0.25, -0.2) is 4.79 Å². The maximum atomic E-state index is 11.5. The van der Waals surface area contributed by atoms with E-state index in [9.17, 15) is 4.79 Å². The fourth-order valence-electron chi connectivity index (χ4n) is 1.14. The summed E-state index contributed by atoms with van der Waals surface area (Å²) in [5.41, 5.74) is 0.486. The summed E-state index contributed by atoms with van der Waals surface area (Å²) in [5.74, 6) is -0.420. The molecule has 0 saturated carbocycles. The second-order valence-electron chi connectivity index (χ2n) is 3.10. The molecule has 0 aromatic heterocycles. The lowest BCUT2D eigenvalue weighted by Crippen LogP contribution is -2.21. The number of esters is 1. The van der Waals surface area contributed by atoms with Gasteiger partial charge in [0.1, 0.15) is 6.10 Å². The van der Waals surface area contributed by atoms with Crippen LogP contribution >= 0.6 is 0 Å². The number of carbonyl (C=O) groups is 1. The van der Waals surface area contributed by atoms with E-state index in [1.165, 1.54) is 0 Å². The Hall–Kier alpha value is -1.61. The lowest BCUT2D eigenvalue weighted by molar-refractivity contribution is 0.0150. The molecule has 0 aliphatic heterocycles. The summed E-state index contributed by atoms with van der Waals surface area (Å²) in [7, 11) is 0. The summed E-state index contributed by atoms with van der Waals surface area (Å²) in [6, 6.07) is 8.69. The van der Waals surface area contributed by atoms with Crippen molar-refractivity contribution < 1.29 is 14.6 Å². The first-order chi connectivity index (χ1) is 7.27. The Kier molecular flexibility index (Phi) is 4.57. The lowest BCUT2D eigenvalue weighted by atomic mass is 10.2. The summed E-state index contributed by atoms with van der Waals surface area (Å²) in [5, 5.41) is 8.93. The Bertz CT molecular complexity index is 319. The average molecular weight is 206 g/mol. The Labute approximate surface area is 89.0 Å². The molecule has 1 atom stereocenters. The van der Waals surface area contributed by atoms with Crippen LogP contribution in [0.3, 0.4) is 0 Å². The van der Waals surface area contributed by atoms with E-state index in [4.69, 9.17) is 9.84 Å². The molecular weight excluding hydrogens is 192 g/mol. The highest BCUT2D eigenvalue weighted by Gasteiger charge is 2.13. The molecule has 15 heavy (non-hydrogen) atoms. The molecule has 0 saturated heterocycles. The molecule has 0 bridgehead atoms. The second-order valence-corrected chi connectivity index (χ2v) is 3.10. The number of ether oxygens (including phenoxy) is 1. The molecule has 1 N–H and O–H groups in total. The van der Waals surface area contributed by atoms with E-state index >= 15 is 0 Å². The topological polar surface area (TPSA) is 46.5 Å². The molecule has 3 heteroatoms. The first-order valence-electron chi connectivity index (χ1n) is 4.75. The zero-order valence-corrected chi connectivity index (χ0v) is 8.43. The number of aliphatic hydroxyl groups is 1. The van der Waals surface area contributed by atoms with Gasteiger partial charge in [0.05, 0.1) is 12.2 Å². The van der Waals surface area contributed by atoms with Crippen molar-refractivity contribution in [1.29, 1.82) is 0 Å². The molecule has 0 amide bonds. The summed E-state index contributed by atoms with van der Waals surface area (Å²) in [4.78, 5) is 11.5. The number of benzene rings is 1. The Balaban J connectivity index is 2.58. The third-order valence-corrected chi connectivity index (χ3v) is 1.92. The van der Waals surface area contributed by atoms with Gasteiger partial charge in [0.2, 0.25) is 0 Å². The first kappa shape index (κ1) is 11.5. The van der Waals surface area contributed by atoms with Crippen molar-refractivity contribution in [3.05, 3.63) is 48.6 Å². The standard InChI is InChI=1S/C12H14O3/c1-2-6-11(9-13)15-12(14)10-7-4-3-5-8-10/h2-5,7-8,11,13H,1,6,9H2/t11-/m1/s1. The van der Waals surface area contributed by atoms with Gasteiger partial charge in [-0.3, -0.25) is 0 Å². The maximum absolute atomic E-state index is 11.5. The van der Waals surface area contributed by atoms with Gasteiger partial charge in [-0.15, -0.1) is 6.58 Å². The summed E-state index contributed by atoms with van der Waals surface area (Å²) in [6.45, 7) is 3.34. The minimum atomic E-state index is -0.504. The number of rotatable bonds is 5. The number of hydrogen-bond donors (Lipinski definition) is 1. The van der Waals surface area contributed by atoms with Crippen LogP contribution in [0.2, 0.25) is 0 Å². The largest absolute Gasteiger partial charge is 0.456 e. The molecule has 80 valence electrons. The number of hydrogen-bond acceptors (Lipinski definition) is 3. The second kappa shape index (κ2) is 5.98. The molecule has 0 aliphatic rings. The van der Waals surface area contributed by atoms with Gasteiger partial charge < -0.3 is 9.84 Å². The van der Waals surface area contributed by atoms with E-state index in [2.05, 4.69) is 6.58 Å². The molecular formula is C12H14O3. The van der Waals surface area contributed by atoms with Gasteiger partial charge in [0.25, 0.3) is 0 Å². The molecule has 0 aliphatic carbocycles. The van der Waals surface area contributed by atoms with Crippen molar-refractivity contribution in [1.82, 2.24) is 0 Å². The fourth-order valence-corrected chi connectivity index (χ4v) is 1.14. The fraction of sp³-hybridized carbons (Fsp3) is 0.250. The number of aliphatic hydroxyl groups excluding tert-OH is 1. The van der Waals surface area contributed by atoms with Crippen LogP contribution in [0, 0.1) is 0 Å². The molecule has 0 spiro atoms. The smallest absolute Gasteiger partial charge is 0.338 e. The average Bonchev–Trinajstić information content (AvgIpc) is 2.29. The summed E-state index contributed by atoms with van der Waals surface area (Å²) in [6.07, 6.45) is 1.56. The quantitative estimate of drug-likeness (QED) is 0.590. The van der Waals surface area contributed by atoms with Gasteiger partial charge in [0, 0.05) is 6.42 Å². The number of carbonyl (C=O) groups excluding carboxylic acids is 1. The molecule has 1 aromatic carbocycles. The van der Waals surface area contributed by atoms with Crippen LogP contribution in [-0.2, 0) is 4.74 Å². The van der Waals surface area contributed by atoms with E-state index in [1.54, 1.807) is 30.3 Å². The van der Waals surface area contributed by atoms with E-state index in [0.29, 0.717) is 12.0 Å². The summed E-state index contributed by atoms with van der Waals surface area (Å²) >= 11 is 0. The van der Waals surface area contributed by atoms with Gasteiger partial charge >= 0.3 is 5.97 Å². The van der Waals surface area contributed by atoms with Crippen LogP contribution in [0.15, 0.2) is 43.0 Å². The van der Waals surface area contributed by atoms with Crippen molar-refractivity contribution in [2.24, 2.45) is 0 Å². The molecule has 3 nitrogen and oxygen atoms in total. The van der Waals surface area contributed by atoms with Crippen LogP contribution in [0.25, 0.3) is 0 Å². The summed E-state index contributed by atoms with van der Waals surface area (Å²) < 4.78 is 5.07. The third kappa shape index (κ3) is 3.56. The Morgan fingerprint density at radius 3 is 2.67 bits per heavy atom. The molecule has 0 unspecified atom stereocenters. The third-order valence-electron chi connectivity index (χ3n) is 1.92. The van der Waals surface area contributed by atoms with Crippen molar-refractivity contribution in [3.8, 4) is 0 Å². The van der Waals surface area contributed by atoms with Crippen molar-refractivity contribution in [2.45, 2.75) is 12.5 Å². The van der Waals surface area contributed by atoms with Gasteiger partial charge in [-0.2, -0.15) is 0 Å². The van der Waals surface area contributed by atoms with Crippen LogP contribution in [-0.4, -0.2) is 23.8 Å². The van der Waals surface area contributed by atoms with E-state index in [1.807, 2.05) is 6.07 Å². The Morgan fingerprint density at radius 2 is 2.13 bits per heavy atom. The van der Waals surface area contributed by atoms with E-state index in [0.717, 1.165) is 0 Å². The van der Waals surface area contributed by atoms with Gasteiger partial charge in [-0.05, 0) is 12.1 Å². The van der Waals surface area contributed by atoms with Crippen LogP contribution in [0.4, 0.5) is 0 Å². The van der Waals surface area contributed by atoms with Crippen molar-refractivity contribution >= 4 is 5.97 Å². The minimum Gasteiger partial charge on any atom is -0.456 e. The molecule has 1 rings (SSSR count). The zero-order chi connectivity index (χ0) is 11.1. The van der Waals surface area contributed by atoms with Gasteiger partial charge in [-0.1, -0.05) is 24.3 Å².